The molecule has 0 radical (unpaired) electrons. The first-order chi connectivity index (χ1) is 34.7. The molecule has 1 aliphatic rings. The van der Waals surface area contributed by atoms with Crippen LogP contribution in [0.25, 0.3) is 21.5 Å². The summed E-state index contributed by atoms with van der Waals surface area (Å²) in [6, 6.07) is 32.9. The number of rotatable bonds is 21. The minimum Gasteiger partial charge on any atom is -0.497 e. The van der Waals surface area contributed by atoms with Crippen LogP contribution < -0.4 is 14.4 Å². The molecule has 73 heavy (non-hydrogen) atoms. The number of fused-ring (bicyclic) bond motifs is 1. The van der Waals surface area contributed by atoms with E-state index >= 15 is 0 Å². The average Bonchev–Trinajstić information content (AvgIpc) is 4.12. The molecule has 0 N–H and O–H groups in total. The molecule has 6 aromatic rings. The van der Waals surface area contributed by atoms with Crippen molar-refractivity contribution in [2.24, 2.45) is 0 Å². The number of amides is 1. The third-order valence-corrected chi connectivity index (χ3v) is 17.1. The van der Waals surface area contributed by atoms with Crippen molar-refractivity contribution in [2.75, 3.05) is 53.5 Å². The summed E-state index contributed by atoms with van der Waals surface area (Å²) >= 11 is 1.26. The normalized spacial score (nSPS) is 16.9. The molecule has 390 valence electrons. The Morgan fingerprint density at radius 2 is 1.51 bits per heavy atom. The van der Waals surface area contributed by atoms with E-state index in [1.54, 1.807) is 60.4 Å². The molecule has 1 amide bonds. The first-order valence-corrected chi connectivity index (χ1v) is 27.3. The van der Waals surface area contributed by atoms with Crippen molar-refractivity contribution in [3.8, 4) is 28.0 Å². The molecule has 4 atom stereocenters. The van der Waals surface area contributed by atoms with Crippen molar-refractivity contribution in [3.63, 3.8) is 0 Å². The molecule has 0 saturated carbocycles. The molecule has 1 aliphatic heterocycles. The Morgan fingerprint density at radius 1 is 0.904 bits per heavy atom. The second-order valence-corrected chi connectivity index (χ2v) is 23.6. The number of methoxy groups -OCH3 is 2. The number of nitrogens with zero attached hydrogens (tertiary/aromatic N) is 7. The van der Waals surface area contributed by atoms with Crippen LogP contribution in [-0.2, 0) is 39.1 Å². The van der Waals surface area contributed by atoms with E-state index in [1.165, 1.54) is 34.3 Å². The summed E-state index contributed by atoms with van der Waals surface area (Å²) in [6.07, 6.45) is -1.09. The molecule has 7 rings (SSSR count). The highest BCUT2D eigenvalue weighted by atomic mass is 32.2. The van der Waals surface area contributed by atoms with Gasteiger partial charge in [-0.25, -0.2) is 23.4 Å². The van der Waals surface area contributed by atoms with Gasteiger partial charge in [-0.15, -0.1) is 0 Å². The van der Waals surface area contributed by atoms with E-state index in [0.29, 0.717) is 38.1 Å². The highest BCUT2D eigenvalue weighted by Gasteiger charge is 2.47. The third kappa shape index (κ3) is 12.2. The van der Waals surface area contributed by atoms with Gasteiger partial charge in [-0.3, -0.25) is 4.90 Å². The second-order valence-electron chi connectivity index (χ2n) is 19.2. The average molecular weight is 1060 g/mol. The van der Waals surface area contributed by atoms with Gasteiger partial charge < -0.3 is 32.7 Å². The zero-order valence-corrected chi connectivity index (χ0v) is 46.0. The van der Waals surface area contributed by atoms with Gasteiger partial charge in [-0.2, -0.15) is 18.0 Å². The molecule has 20 heteroatoms. The fraction of sp³-hybridized carbons (Fsp3) is 0.434. The third-order valence-electron chi connectivity index (χ3n) is 12.1. The van der Waals surface area contributed by atoms with Crippen LogP contribution in [0.3, 0.4) is 0 Å². The fourth-order valence-corrected chi connectivity index (χ4v) is 12.4. The van der Waals surface area contributed by atoms with Crippen LogP contribution in [0, 0.1) is 11.3 Å². The van der Waals surface area contributed by atoms with Crippen molar-refractivity contribution in [3.05, 3.63) is 126 Å². The molecule has 2 aromatic heterocycles. The molecule has 1 saturated heterocycles. The van der Waals surface area contributed by atoms with Crippen molar-refractivity contribution in [1.82, 2.24) is 22.9 Å². The summed E-state index contributed by atoms with van der Waals surface area (Å²) in [4.78, 5) is 24.5. The van der Waals surface area contributed by atoms with E-state index in [2.05, 4.69) is 43.4 Å². The molecular weight excluding hydrogens is 990 g/mol. The molecule has 3 heterocycles. The number of ether oxygens (including phenoxy) is 5. The number of anilines is 1. The molecule has 17 nitrogen and oxygen atoms in total. The number of hydrogen-bond donors (Lipinski definition) is 0. The summed E-state index contributed by atoms with van der Waals surface area (Å²) in [6.45, 7) is 13.7. The van der Waals surface area contributed by atoms with Gasteiger partial charge in [0.25, 0.3) is 8.53 Å². The number of hydrogen-bond acceptors (Lipinski definition) is 15. The van der Waals surface area contributed by atoms with E-state index in [9.17, 15) is 18.5 Å². The predicted octanol–water partition coefficient (Wildman–Crippen LogP) is 10.7. The molecular formula is C53H66N7O10PS2. The maximum absolute atomic E-state index is 14.7. The topological polar surface area (TPSA) is 180 Å². The van der Waals surface area contributed by atoms with Crippen molar-refractivity contribution in [1.29, 1.82) is 5.26 Å². The van der Waals surface area contributed by atoms with E-state index in [-0.39, 0.29) is 44.0 Å². The van der Waals surface area contributed by atoms with Crippen LogP contribution in [0.1, 0.15) is 89.9 Å². The molecule has 1 unspecified atom stereocenters. The maximum Gasteiger partial charge on any atom is 0.416 e. The Hall–Kier alpha value is -5.52. The van der Waals surface area contributed by atoms with Gasteiger partial charge in [0.1, 0.15) is 34.9 Å². The van der Waals surface area contributed by atoms with Gasteiger partial charge in [0.2, 0.25) is 0 Å². The van der Waals surface area contributed by atoms with E-state index in [1.807, 2.05) is 84.9 Å². The van der Waals surface area contributed by atoms with E-state index in [0.717, 1.165) is 21.0 Å². The second kappa shape index (κ2) is 23.4. The summed E-state index contributed by atoms with van der Waals surface area (Å²) in [5, 5.41) is 9.95. The largest absolute Gasteiger partial charge is 0.497 e. The van der Waals surface area contributed by atoms with Crippen molar-refractivity contribution < 1.29 is 45.9 Å². The van der Waals surface area contributed by atoms with Gasteiger partial charge in [0.15, 0.2) is 11.0 Å². The highest BCUT2D eigenvalue weighted by Crippen LogP contribution is 2.52. The number of carbonyl (C=O) groups excluding carboxylic acids is 1. The monoisotopic (exact) mass is 1060 g/mol. The number of nitriles is 1. The fourth-order valence-electron chi connectivity index (χ4n) is 8.63. The SMILES string of the molecule is COc1ccc(C(OC[C@H]2O[C@@H](c3nc4ccc(-c5cnc(N(C)C(=O)OC(C)(C)C)s5)cc4n3S(=O)(=O)N(C)C)C[C@@H]2OP(OCCC#N)N(C(C)C)C(C)C)(c2ccccc2)c2ccc(OC)cc2)cc1. The van der Waals surface area contributed by atoms with E-state index < -0.39 is 54.3 Å². The lowest BCUT2D eigenvalue weighted by molar-refractivity contribution is -0.0816. The first kappa shape index (κ1) is 55.2. The van der Waals surface area contributed by atoms with Crippen LogP contribution >= 0.6 is 19.9 Å². The van der Waals surface area contributed by atoms with Crippen LogP contribution in [0.2, 0.25) is 0 Å². The summed E-state index contributed by atoms with van der Waals surface area (Å²) in [5.74, 6) is 1.49. The molecule has 4 aromatic carbocycles. The predicted molar refractivity (Wildman–Crippen MR) is 284 cm³/mol. The van der Waals surface area contributed by atoms with Crippen molar-refractivity contribution >= 4 is 52.3 Å². The Balaban J connectivity index is 1.35. The van der Waals surface area contributed by atoms with Crippen molar-refractivity contribution in [2.45, 2.75) is 103 Å². The highest BCUT2D eigenvalue weighted by molar-refractivity contribution is 7.87. The molecule has 1 fully saturated rings. The number of thiazole rings is 1. The summed E-state index contributed by atoms with van der Waals surface area (Å²) < 4.78 is 78.6. The Kier molecular flexibility index (Phi) is 17.7. The first-order valence-electron chi connectivity index (χ1n) is 24.0. The van der Waals surface area contributed by atoms with Gasteiger partial charge >= 0.3 is 16.3 Å². The molecule has 0 bridgehead atoms. The van der Waals surface area contributed by atoms with Gasteiger partial charge in [0.05, 0.1) is 61.9 Å². The molecule has 0 spiro atoms. The quantitative estimate of drug-likeness (QED) is 0.0377. The minimum atomic E-state index is -4.25. The number of aromatic nitrogens is 3. The Bertz CT molecular complexity index is 2900. The van der Waals surface area contributed by atoms with Gasteiger partial charge in [-0.05, 0) is 107 Å². The van der Waals surface area contributed by atoms with Crippen LogP contribution in [-0.4, -0.2) is 116 Å². The zero-order valence-electron chi connectivity index (χ0n) is 43.5. The summed E-state index contributed by atoms with van der Waals surface area (Å²) in [7, 11) is 1.71. The zero-order chi connectivity index (χ0) is 52.8. The number of carbonyl (C=O) groups is 1. The lowest BCUT2D eigenvalue weighted by Gasteiger charge is -2.39. The lowest BCUT2D eigenvalue weighted by Crippen LogP contribution is -2.39. The standard InChI is InChI=1S/C53H66N7O10PS2/c1-35(2)59(36(3)4)71(67-30-16-29-54)70-45-32-46(68-47(45)34-66-53(38-17-14-13-15-18-38,39-20-24-41(64-11)25-21-39)40-22-26-42(65-12)27-23-40)49-56-43-28-19-37(31-44(43)60(49)73(62,63)57(8)9)48-33-55-50(72-48)58(10)51(61)69-52(5,6)7/h13-15,17-28,31,33,35-36,45-47H,16,30,32,34H2,1-12H3/t45-,46+,47+,71?/m0/s1. The Morgan fingerprint density at radius 3 is 2.05 bits per heavy atom. The minimum absolute atomic E-state index is 0.00662. The lowest BCUT2D eigenvalue weighted by atomic mass is 9.80. The van der Waals surface area contributed by atoms with Crippen LogP contribution in [0.5, 0.6) is 11.5 Å². The number of benzene rings is 4. The summed E-state index contributed by atoms with van der Waals surface area (Å²) in [5.41, 5.74) is 1.91. The number of imidazole rings is 1. The van der Waals surface area contributed by atoms with Gasteiger partial charge in [0, 0.05) is 45.8 Å². The van der Waals surface area contributed by atoms with Crippen LogP contribution in [0.15, 0.2) is 103 Å². The Labute approximate surface area is 434 Å². The maximum atomic E-state index is 14.7. The van der Waals surface area contributed by atoms with Gasteiger partial charge in [-0.1, -0.05) is 72.0 Å². The smallest absolute Gasteiger partial charge is 0.416 e. The van der Waals surface area contributed by atoms with E-state index in [4.69, 9.17) is 37.7 Å². The van der Waals surface area contributed by atoms with Crippen LogP contribution in [0.4, 0.5) is 9.93 Å². The molecule has 0 aliphatic carbocycles.